The SMILES string of the molecule is O=C(Nc1nc2c(s1)CN(S(=O)(=O)C1CC1)CC2)C1(c2ccc(Cl)cc2)CCCC1. The van der Waals surface area contributed by atoms with Gasteiger partial charge in [0.1, 0.15) is 0 Å². The number of amides is 1. The number of carbonyl (C=O) groups is 1. The van der Waals surface area contributed by atoms with Crippen LogP contribution in [-0.2, 0) is 33.2 Å². The van der Waals surface area contributed by atoms with E-state index in [-0.39, 0.29) is 11.2 Å². The Hall–Kier alpha value is -1.48. The van der Waals surface area contributed by atoms with Crippen LogP contribution >= 0.6 is 22.9 Å². The fourth-order valence-electron chi connectivity index (χ4n) is 4.63. The summed E-state index contributed by atoms with van der Waals surface area (Å²) in [5.74, 6) is -0.0316. The van der Waals surface area contributed by atoms with Gasteiger partial charge in [-0.15, -0.1) is 11.3 Å². The summed E-state index contributed by atoms with van der Waals surface area (Å²) in [5.41, 5.74) is 1.34. The summed E-state index contributed by atoms with van der Waals surface area (Å²) in [6.45, 7) is 0.835. The van der Waals surface area contributed by atoms with Crippen LogP contribution in [0.5, 0.6) is 0 Å². The van der Waals surface area contributed by atoms with Crippen molar-refractivity contribution >= 4 is 44.0 Å². The first-order valence-corrected chi connectivity index (χ1v) is 13.1. The number of sulfonamides is 1. The summed E-state index contributed by atoms with van der Waals surface area (Å²) in [6.07, 6.45) is 5.76. The van der Waals surface area contributed by atoms with Crippen LogP contribution in [0, 0.1) is 0 Å². The van der Waals surface area contributed by atoms with Crippen LogP contribution in [0.3, 0.4) is 0 Å². The first-order valence-electron chi connectivity index (χ1n) is 10.4. The topological polar surface area (TPSA) is 79.4 Å². The van der Waals surface area contributed by atoms with Crippen molar-refractivity contribution in [1.29, 1.82) is 0 Å². The normalized spacial score (nSPS) is 21.4. The lowest BCUT2D eigenvalue weighted by atomic mass is 9.78. The molecule has 0 spiro atoms. The Labute approximate surface area is 185 Å². The average molecular weight is 466 g/mol. The third-order valence-corrected chi connectivity index (χ3v) is 10.1. The monoisotopic (exact) mass is 465 g/mol. The summed E-state index contributed by atoms with van der Waals surface area (Å²) >= 11 is 7.44. The second kappa shape index (κ2) is 7.58. The lowest BCUT2D eigenvalue weighted by molar-refractivity contribution is -0.121. The molecule has 1 N–H and O–H groups in total. The number of hydrogen-bond donors (Lipinski definition) is 1. The Morgan fingerprint density at radius 3 is 2.57 bits per heavy atom. The number of aromatic nitrogens is 1. The summed E-state index contributed by atoms with van der Waals surface area (Å²) in [7, 11) is -3.19. The minimum atomic E-state index is -3.19. The predicted molar refractivity (Wildman–Crippen MR) is 118 cm³/mol. The van der Waals surface area contributed by atoms with Crippen molar-refractivity contribution in [2.75, 3.05) is 11.9 Å². The number of fused-ring (bicyclic) bond motifs is 1. The molecule has 30 heavy (non-hydrogen) atoms. The number of nitrogens with zero attached hydrogens (tertiary/aromatic N) is 2. The molecule has 2 fully saturated rings. The third kappa shape index (κ3) is 3.57. The zero-order valence-electron chi connectivity index (χ0n) is 16.6. The molecule has 1 aliphatic heterocycles. The number of nitrogens with one attached hydrogen (secondary N) is 1. The highest BCUT2D eigenvalue weighted by atomic mass is 35.5. The lowest BCUT2D eigenvalue weighted by Crippen LogP contribution is -2.38. The van der Waals surface area contributed by atoms with E-state index < -0.39 is 15.4 Å². The van der Waals surface area contributed by atoms with Gasteiger partial charge in [-0.3, -0.25) is 4.79 Å². The van der Waals surface area contributed by atoms with Crippen LogP contribution in [0.25, 0.3) is 0 Å². The third-order valence-electron chi connectivity index (χ3n) is 6.51. The van der Waals surface area contributed by atoms with Crippen LogP contribution in [0.15, 0.2) is 24.3 Å². The van der Waals surface area contributed by atoms with Crippen molar-refractivity contribution in [3.63, 3.8) is 0 Å². The Kier molecular flexibility index (Phi) is 5.16. The van der Waals surface area contributed by atoms with Gasteiger partial charge in [-0.05, 0) is 43.4 Å². The van der Waals surface area contributed by atoms with Gasteiger partial charge in [0.2, 0.25) is 15.9 Å². The maximum atomic E-state index is 13.4. The highest BCUT2D eigenvalue weighted by Gasteiger charge is 2.44. The first-order chi connectivity index (χ1) is 14.4. The number of anilines is 1. The summed E-state index contributed by atoms with van der Waals surface area (Å²) in [6, 6.07) is 7.56. The molecule has 2 heterocycles. The molecule has 1 aromatic heterocycles. The van der Waals surface area contributed by atoms with Crippen LogP contribution in [0.2, 0.25) is 5.02 Å². The maximum absolute atomic E-state index is 13.4. The van der Waals surface area contributed by atoms with Gasteiger partial charge >= 0.3 is 0 Å². The number of carbonyl (C=O) groups excluding carboxylic acids is 1. The van der Waals surface area contributed by atoms with E-state index in [2.05, 4.69) is 10.3 Å². The molecule has 2 saturated carbocycles. The van der Waals surface area contributed by atoms with Crippen molar-refractivity contribution in [2.45, 2.75) is 62.2 Å². The van der Waals surface area contributed by atoms with Gasteiger partial charge in [0.25, 0.3) is 0 Å². The largest absolute Gasteiger partial charge is 0.301 e. The molecule has 0 bridgehead atoms. The second-order valence-corrected chi connectivity index (χ2v) is 12.2. The fourth-order valence-corrected chi connectivity index (χ4v) is 7.67. The summed E-state index contributed by atoms with van der Waals surface area (Å²) in [5, 5.41) is 4.07. The fraction of sp³-hybridized carbons (Fsp3) is 0.524. The number of hydrogen-bond acceptors (Lipinski definition) is 5. The molecule has 6 nitrogen and oxygen atoms in total. The minimum Gasteiger partial charge on any atom is -0.301 e. The van der Waals surface area contributed by atoms with Crippen LogP contribution < -0.4 is 5.32 Å². The van der Waals surface area contributed by atoms with E-state index in [0.717, 1.165) is 54.7 Å². The van der Waals surface area contributed by atoms with Crippen LogP contribution in [0.1, 0.15) is 54.7 Å². The van der Waals surface area contributed by atoms with Gasteiger partial charge in [0, 0.05) is 29.4 Å². The van der Waals surface area contributed by atoms with Crippen molar-refractivity contribution in [2.24, 2.45) is 0 Å². The smallest absolute Gasteiger partial charge is 0.236 e. The number of halogens is 1. The zero-order chi connectivity index (χ0) is 20.9. The molecule has 9 heteroatoms. The standard InChI is InChI=1S/C21H24ClN3O3S2/c22-15-5-3-14(4-6-15)21(10-1-2-11-21)19(26)24-20-23-17-9-12-25(13-18(17)29-20)30(27,28)16-7-8-16/h3-6,16H,1-2,7-13H2,(H,23,24,26). The van der Waals surface area contributed by atoms with Gasteiger partial charge in [-0.2, -0.15) is 4.31 Å². The number of rotatable bonds is 5. The van der Waals surface area contributed by atoms with Gasteiger partial charge in [0.05, 0.1) is 16.4 Å². The van der Waals surface area contributed by atoms with Crippen molar-refractivity contribution in [1.82, 2.24) is 9.29 Å². The van der Waals surface area contributed by atoms with E-state index in [4.69, 9.17) is 11.6 Å². The van der Waals surface area contributed by atoms with Crippen LogP contribution in [0.4, 0.5) is 5.13 Å². The lowest BCUT2D eigenvalue weighted by Gasteiger charge is -2.27. The Balaban J connectivity index is 1.35. The molecule has 5 rings (SSSR count). The summed E-state index contributed by atoms with van der Waals surface area (Å²) < 4.78 is 26.7. The molecular formula is C21H24ClN3O3S2. The number of thiazole rings is 1. The van der Waals surface area contributed by atoms with E-state index in [0.29, 0.717) is 29.7 Å². The van der Waals surface area contributed by atoms with Gasteiger partial charge in [0.15, 0.2) is 5.13 Å². The average Bonchev–Trinajstić information content (AvgIpc) is 3.34. The number of benzene rings is 1. The molecule has 2 aliphatic carbocycles. The van der Waals surface area contributed by atoms with Crippen molar-refractivity contribution in [3.05, 3.63) is 45.4 Å². The molecule has 1 aromatic carbocycles. The molecule has 3 aliphatic rings. The zero-order valence-corrected chi connectivity index (χ0v) is 19.0. The Morgan fingerprint density at radius 2 is 1.90 bits per heavy atom. The van der Waals surface area contributed by atoms with Gasteiger partial charge in [-0.25, -0.2) is 13.4 Å². The maximum Gasteiger partial charge on any atom is 0.236 e. The Bertz CT molecular complexity index is 1070. The minimum absolute atomic E-state index is 0.0316. The quantitative estimate of drug-likeness (QED) is 0.721. The molecular weight excluding hydrogens is 442 g/mol. The van der Waals surface area contributed by atoms with Crippen LogP contribution in [-0.4, -0.2) is 35.4 Å². The predicted octanol–water partition coefficient (Wildman–Crippen LogP) is 4.10. The highest BCUT2D eigenvalue weighted by Crippen LogP contribution is 2.43. The Morgan fingerprint density at radius 1 is 1.20 bits per heavy atom. The van der Waals surface area contributed by atoms with Gasteiger partial charge in [-0.1, -0.05) is 36.6 Å². The molecule has 160 valence electrons. The highest BCUT2D eigenvalue weighted by molar-refractivity contribution is 7.90. The molecule has 2 aromatic rings. The van der Waals surface area contributed by atoms with Crippen molar-refractivity contribution < 1.29 is 13.2 Å². The second-order valence-electron chi connectivity index (χ2n) is 8.47. The summed E-state index contributed by atoms with van der Waals surface area (Å²) in [4.78, 5) is 18.9. The van der Waals surface area contributed by atoms with E-state index in [9.17, 15) is 13.2 Å². The molecule has 1 amide bonds. The van der Waals surface area contributed by atoms with Crippen molar-refractivity contribution in [3.8, 4) is 0 Å². The molecule has 0 unspecified atom stereocenters. The van der Waals surface area contributed by atoms with Gasteiger partial charge < -0.3 is 5.32 Å². The molecule has 0 saturated heterocycles. The van der Waals surface area contributed by atoms with E-state index in [1.165, 1.54) is 11.3 Å². The van der Waals surface area contributed by atoms with E-state index in [1.807, 2.05) is 24.3 Å². The first kappa shape index (κ1) is 20.4. The van der Waals surface area contributed by atoms with E-state index >= 15 is 0 Å². The molecule has 0 atom stereocenters. The molecule has 0 radical (unpaired) electrons. The van der Waals surface area contributed by atoms with E-state index in [1.54, 1.807) is 4.31 Å².